The average Bonchev–Trinajstić information content (AvgIpc) is 1.88. The maximum absolute atomic E-state index is 6.03. The van der Waals surface area contributed by atoms with Crippen molar-refractivity contribution in [1.29, 1.82) is 0 Å². The third-order valence-corrected chi connectivity index (χ3v) is 35.1. The Morgan fingerprint density at radius 2 is 1.10 bits per heavy atom. The molecule has 0 bridgehead atoms. The van der Waals surface area contributed by atoms with E-state index in [-0.39, 0.29) is 0 Å². The van der Waals surface area contributed by atoms with Gasteiger partial charge in [-0.25, -0.2) is 0 Å². The first-order valence-corrected chi connectivity index (χ1v) is 13.9. The van der Waals surface area contributed by atoms with Crippen molar-refractivity contribution in [2.75, 3.05) is 11.0 Å². The summed E-state index contributed by atoms with van der Waals surface area (Å²) in [5.74, 6) is 0. The molecule has 0 saturated carbocycles. The molecule has 0 fully saturated rings. The number of hydrogen-bond donors (Lipinski definition) is 0. The molecule has 0 rings (SSSR count). The second-order valence-corrected chi connectivity index (χ2v) is 28.1. The molecule has 2 unspecified atom stereocenters. The maximum atomic E-state index is 6.03. The van der Waals surface area contributed by atoms with Gasteiger partial charge in [-0.1, -0.05) is 0 Å². The van der Waals surface area contributed by atoms with Crippen molar-refractivity contribution in [3.63, 3.8) is 0 Å². The van der Waals surface area contributed by atoms with E-state index in [4.69, 9.17) is 45.4 Å². The second kappa shape index (κ2) is 4.32. The Bertz CT molecular complexity index is 99.8. The standard InChI is InChI=1S/C2H4Cl4Si4/c3-1-9(5,7)10(6,8)2-4/h1-2H2. The fraction of sp³-hybridized carbons (Fsp3) is 1.00. The van der Waals surface area contributed by atoms with Crippen molar-refractivity contribution in [2.45, 2.75) is 0 Å². The van der Waals surface area contributed by atoms with Gasteiger partial charge in [-0.15, -0.1) is 23.2 Å². The van der Waals surface area contributed by atoms with E-state index in [1.807, 2.05) is 0 Å². The van der Waals surface area contributed by atoms with Crippen LogP contribution in [-0.4, -0.2) is 43.4 Å². The first-order chi connectivity index (χ1) is 4.37. The van der Waals surface area contributed by atoms with E-state index in [9.17, 15) is 0 Å². The van der Waals surface area contributed by atoms with Gasteiger partial charge in [-0.3, -0.25) is 0 Å². The highest BCUT2D eigenvalue weighted by Crippen LogP contribution is 2.23. The molecule has 2 atom stereocenters. The Kier molecular flexibility index (Phi) is 5.19. The van der Waals surface area contributed by atoms with Gasteiger partial charge in [0.15, 0.2) is 12.8 Å². The van der Waals surface area contributed by atoms with E-state index in [0.717, 1.165) is 0 Å². The maximum Gasteiger partial charge on any atom is 0.159 e. The highest BCUT2D eigenvalue weighted by molar-refractivity contribution is 7.92. The SMILES string of the molecule is [Si][Si](Cl)(CCl)[Si]([Si])(Cl)CCl. The molecule has 0 aromatic heterocycles. The summed E-state index contributed by atoms with van der Waals surface area (Å²) in [5.41, 5.74) is 0.717. The summed E-state index contributed by atoms with van der Waals surface area (Å²) < 4.78 is 0. The first kappa shape index (κ1) is 12.0. The summed E-state index contributed by atoms with van der Waals surface area (Å²) in [6.45, 7) is 0. The third kappa shape index (κ3) is 2.82. The molecule has 0 aliphatic heterocycles. The molecule has 6 radical (unpaired) electrons. The molecular formula is C2H4Cl4Si4. The Labute approximate surface area is 88.2 Å². The van der Waals surface area contributed by atoms with Crippen molar-refractivity contribution in [1.82, 2.24) is 0 Å². The molecule has 0 aromatic carbocycles. The number of rotatable bonds is 3. The Balaban J connectivity index is 4.28. The predicted molar refractivity (Wildman–Crippen MR) is 56.2 cm³/mol. The summed E-state index contributed by atoms with van der Waals surface area (Å²) in [4.78, 5) is 0. The fourth-order valence-electron chi connectivity index (χ4n) is 0.212. The molecule has 0 heterocycles. The number of halogens is 4. The van der Waals surface area contributed by atoms with Gasteiger partial charge in [0.05, 0.1) is 0 Å². The van der Waals surface area contributed by atoms with Gasteiger partial charge < -0.3 is 0 Å². The molecule has 8 heteroatoms. The fourth-order valence-corrected chi connectivity index (χ4v) is 12.1. The van der Waals surface area contributed by atoms with Crippen LogP contribution >= 0.6 is 45.4 Å². The van der Waals surface area contributed by atoms with Crippen molar-refractivity contribution >= 4 is 77.7 Å². The molecular weight excluding hydrogens is 278 g/mol. The zero-order valence-electron chi connectivity index (χ0n) is 4.93. The van der Waals surface area contributed by atoms with Gasteiger partial charge in [0.25, 0.3) is 0 Å². The van der Waals surface area contributed by atoms with Crippen molar-refractivity contribution < 1.29 is 0 Å². The molecule has 0 aliphatic carbocycles. The van der Waals surface area contributed by atoms with Crippen molar-refractivity contribution in [3.05, 3.63) is 0 Å². The zero-order chi connectivity index (χ0) is 8.41. The normalized spacial score (nSPS) is 23.4. The summed E-state index contributed by atoms with van der Waals surface area (Å²) in [5, 5.41) is 0. The first-order valence-electron chi connectivity index (χ1n) is 2.37. The molecule has 0 nitrogen and oxygen atoms in total. The predicted octanol–water partition coefficient (Wildman–Crippen LogP) is 1.32. The van der Waals surface area contributed by atoms with Crippen LogP contribution in [0.4, 0.5) is 0 Å². The summed E-state index contributed by atoms with van der Waals surface area (Å²) in [7, 11) is 6.77. The smallest absolute Gasteiger partial charge is 0.159 e. The van der Waals surface area contributed by atoms with E-state index >= 15 is 0 Å². The largest absolute Gasteiger partial charge is 0.172 e. The monoisotopic (exact) mass is 280 g/mol. The lowest BCUT2D eigenvalue weighted by molar-refractivity contribution is 2.03. The molecule has 56 valence electrons. The molecule has 10 heavy (non-hydrogen) atoms. The third-order valence-electron chi connectivity index (χ3n) is 0.996. The van der Waals surface area contributed by atoms with Crippen molar-refractivity contribution in [3.8, 4) is 0 Å². The van der Waals surface area contributed by atoms with Crippen LogP contribution in [0.5, 0.6) is 0 Å². The van der Waals surface area contributed by atoms with E-state index in [2.05, 4.69) is 19.5 Å². The number of alkyl halides is 2. The van der Waals surface area contributed by atoms with Crippen LogP contribution in [0.25, 0.3) is 0 Å². The van der Waals surface area contributed by atoms with Crippen LogP contribution in [0.3, 0.4) is 0 Å². The minimum absolute atomic E-state index is 0.359. The molecule has 0 aliphatic rings. The van der Waals surface area contributed by atoms with Crippen LogP contribution < -0.4 is 0 Å². The second-order valence-electron chi connectivity index (χ2n) is 1.87. The van der Waals surface area contributed by atoms with Gasteiger partial charge in [-0.2, -0.15) is 22.2 Å². The molecule has 0 aromatic rings. The van der Waals surface area contributed by atoms with Crippen LogP contribution in [0, 0.1) is 0 Å². The van der Waals surface area contributed by atoms with Gasteiger partial charge in [0, 0.05) is 30.5 Å². The highest BCUT2D eigenvalue weighted by Gasteiger charge is 2.45. The Morgan fingerprint density at radius 3 is 1.20 bits per heavy atom. The average molecular weight is 282 g/mol. The summed E-state index contributed by atoms with van der Waals surface area (Å²) >= 11 is 23.3. The van der Waals surface area contributed by atoms with Crippen LogP contribution in [0.1, 0.15) is 0 Å². The molecule has 0 N–H and O–H groups in total. The molecule has 0 amide bonds. The van der Waals surface area contributed by atoms with Gasteiger partial charge in [-0.05, 0) is 0 Å². The minimum Gasteiger partial charge on any atom is -0.172 e. The van der Waals surface area contributed by atoms with Crippen LogP contribution in [0.2, 0.25) is 0 Å². The van der Waals surface area contributed by atoms with E-state index in [0.29, 0.717) is 11.0 Å². The van der Waals surface area contributed by atoms with E-state index in [1.165, 1.54) is 0 Å². The van der Waals surface area contributed by atoms with E-state index < -0.39 is 12.8 Å². The molecule has 0 spiro atoms. The quantitative estimate of drug-likeness (QED) is 0.416. The Hall–Kier alpha value is 2.03. The summed E-state index contributed by atoms with van der Waals surface area (Å²) in [6, 6.07) is 0. The highest BCUT2D eigenvalue weighted by atomic mass is 35.6. The van der Waals surface area contributed by atoms with Crippen LogP contribution in [0.15, 0.2) is 0 Å². The van der Waals surface area contributed by atoms with Gasteiger partial charge in [0.1, 0.15) is 0 Å². The lowest BCUT2D eigenvalue weighted by Gasteiger charge is -2.28. The Morgan fingerprint density at radius 1 is 0.900 bits per heavy atom. The van der Waals surface area contributed by atoms with Gasteiger partial charge >= 0.3 is 0 Å². The van der Waals surface area contributed by atoms with E-state index in [1.54, 1.807) is 0 Å². The number of hydrogen-bond acceptors (Lipinski definition) is 0. The zero-order valence-corrected chi connectivity index (χ0v) is 11.9. The summed E-state index contributed by atoms with van der Waals surface area (Å²) in [6.07, 6.45) is -4.35. The van der Waals surface area contributed by atoms with Crippen LogP contribution in [-0.2, 0) is 0 Å². The molecule has 0 saturated heterocycles. The lowest BCUT2D eigenvalue weighted by atomic mass is 11.9. The topological polar surface area (TPSA) is 0 Å². The minimum atomic E-state index is -2.18. The van der Waals surface area contributed by atoms with Gasteiger partial charge in [0.2, 0.25) is 0 Å². The lowest BCUT2D eigenvalue weighted by Crippen LogP contribution is -2.61. The van der Waals surface area contributed by atoms with Crippen molar-refractivity contribution in [2.24, 2.45) is 0 Å².